The number of aliphatic hydroxyl groups excluding tert-OH is 2. The average molecular weight is 505 g/mol. The maximum absolute atomic E-state index is 14.1. The fraction of sp³-hybridized carbons (Fsp3) is 0.786. The van der Waals surface area contributed by atoms with Crippen LogP contribution < -0.4 is 0 Å². The first-order valence-electron chi connectivity index (χ1n) is 13.1. The van der Waals surface area contributed by atoms with Gasteiger partial charge in [-0.05, 0) is 61.3 Å². The van der Waals surface area contributed by atoms with E-state index in [1.54, 1.807) is 13.8 Å². The van der Waals surface area contributed by atoms with E-state index in [9.17, 15) is 34.5 Å². The molecule has 4 rings (SSSR count). The highest BCUT2D eigenvalue weighted by atomic mass is 16.5. The molecule has 3 N–H and O–H groups in total. The van der Waals surface area contributed by atoms with Crippen LogP contribution in [0.5, 0.6) is 0 Å². The Kier molecular flexibility index (Phi) is 6.36. The number of carbonyl (C=O) groups is 4. The first kappa shape index (κ1) is 27.0. The zero-order valence-corrected chi connectivity index (χ0v) is 22.2. The van der Waals surface area contributed by atoms with Gasteiger partial charge in [-0.3, -0.25) is 19.2 Å². The number of carbonyl (C=O) groups excluding carboxylic acids is 3. The number of fused-ring (bicyclic) bond motifs is 4. The van der Waals surface area contributed by atoms with Crippen LogP contribution >= 0.6 is 0 Å². The highest BCUT2D eigenvalue weighted by Gasteiger charge is 2.73. The van der Waals surface area contributed by atoms with Gasteiger partial charge in [0.2, 0.25) is 0 Å². The Balaban J connectivity index is 1.87. The number of carboxylic acid groups (broad SMARTS) is 1. The third-order valence-corrected chi connectivity index (χ3v) is 11.2. The molecule has 0 saturated heterocycles. The van der Waals surface area contributed by atoms with E-state index >= 15 is 0 Å². The lowest BCUT2D eigenvalue weighted by molar-refractivity contribution is -0.167. The van der Waals surface area contributed by atoms with Crippen LogP contribution in [0.15, 0.2) is 11.1 Å². The van der Waals surface area contributed by atoms with Gasteiger partial charge in [0.15, 0.2) is 5.78 Å². The van der Waals surface area contributed by atoms with E-state index in [1.807, 2.05) is 27.7 Å². The number of ether oxygens (including phenoxy) is 1. The Morgan fingerprint density at radius 3 is 2.39 bits per heavy atom. The van der Waals surface area contributed by atoms with Crippen LogP contribution in [0, 0.1) is 39.4 Å². The van der Waals surface area contributed by atoms with Gasteiger partial charge in [-0.15, -0.1) is 0 Å². The quantitative estimate of drug-likeness (QED) is 0.469. The van der Waals surface area contributed by atoms with Gasteiger partial charge in [-0.25, -0.2) is 0 Å². The molecule has 0 heterocycles. The second-order valence-corrected chi connectivity index (χ2v) is 12.9. The molecule has 8 unspecified atom stereocenters. The maximum Gasteiger partial charge on any atom is 0.303 e. The molecule has 0 aromatic heterocycles. The maximum atomic E-state index is 14.1. The summed E-state index contributed by atoms with van der Waals surface area (Å²) in [6, 6.07) is 0. The summed E-state index contributed by atoms with van der Waals surface area (Å²) in [4.78, 5) is 50.3. The molecule has 36 heavy (non-hydrogen) atoms. The monoisotopic (exact) mass is 504 g/mol. The third-order valence-electron chi connectivity index (χ3n) is 11.2. The third kappa shape index (κ3) is 3.25. The van der Waals surface area contributed by atoms with Gasteiger partial charge >= 0.3 is 5.97 Å². The van der Waals surface area contributed by atoms with Crippen LogP contribution in [0.4, 0.5) is 0 Å². The highest BCUT2D eigenvalue weighted by molar-refractivity contribution is 6.07. The van der Waals surface area contributed by atoms with Crippen LogP contribution in [0.2, 0.25) is 0 Å². The van der Waals surface area contributed by atoms with Crippen LogP contribution in [-0.4, -0.2) is 57.6 Å². The fourth-order valence-electron chi connectivity index (χ4n) is 8.97. The second-order valence-electron chi connectivity index (χ2n) is 12.9. The normalized spacial score (nSPS) is 44.4. The van der Waals surface area contributed by atoms with Crippen molar-refractivity contribution in [2.24, 2.45) is 39.4 Å². The number of carboxylic acids is 1. The van der Waals surface area contributed by atoms with Gasteiger partial charge in [-0.1, -0.05) is 34.6 Å². The van der Waals surface area contributed by atoms with Crippen molar-refractivity contribution < 1.29 is 39.2 Å². The molecule has 8 heteroatoms. The molecule has 0 aromatic rings. The van der Waals surface area contributed by atoms with Crippen molar-refractivity contribution in [2.45, 2.75) is 98.4 Å². The molecule has 0 radical (unpaired) electrons. The number of aliphatic hydroxyl groups is 2. The van der Waals surface area contributed by atoms with E-state index in [-0.39, 0.29) is 36.6 Å². The molecule has 200 valence electrons. The van der Waals surface area contributed by atoms with Crippen molar-refractivity contribution in [3.05, 3.63) is 11.1 Å². The molecule has 0 aliphatic heterocycles. The lowest BCUT2D eigenvalue weighted by Crippen LogP contribution is -2.65. The molecule has 4 aliphatic carbocycles. The highest BCUT2D eigenvalue weighted by Crippen LogP contribution is 2.70. The fourth-order valence-corrected chi connectivity index (χ4v) is 8.97. The van der Waals surface area contributed by atoms with Crippen molar-refractivity contribution in [1.29, 1.82) is 0 Å². The first-order valence-corrected chi connectivity index (χ1v) is 13.1. The SMILES string of the molecule is CC(CCC(=O)O)C1CC(=O)[C@@]2(C)C3=C(C(=O)C(O)C12C)C1(C)CCC(OC=O)C(C)(C)C1CC3O. The predicted octanol–water partition coefficient (Wildman–Crippen LogP) is 3.08. The summed E-state index contributed by atoms with van der Waals surface area (Å²) in [6.45, 7) is 11.8. The lowest BCUT2D eigenvalue weighted by atomic mass is 9.42. The molecular formula is C28H40O8. The van der Waals surface area contributed by atoms with Gasteiger partial charge in [0.05, 0.1) is 11.5 Å². The lowest BCUT2D eigenvalue weighted by Gasteiger charge is -2.62. The number of hydrogen-bond donors (Lipinski definition) is 3. The van der Waals surface area contributed by atoms with Crippen molar-refractivity contribution >= 4 is 24.0 Å². The number of ketones is 2. The van der Waals surface area contributed by atoms with Crippen LogP contribution in [-0.2, 0) is 23.9 Å². The summed E-state index contributed by atoms with van der Waals surface area (Å²) < 4.78 is 5.41. The Hall–Kier alpha value is -2.06. The van der Waals surface area contributed by atoms with Gasteiger partial charge < -0.3 is 20.1 Å². The summed E-state index contributed by atoms with van der Waals surface area (Å²) >= 11 is 0. The largest absolute Gasteiger partial charge is 0.481 e. The Morgan fingerprint density at radius 1 is 1.17 bits per heavy atom. The molecule has 0 bridgehead atoms. The predicted molar refractivity (Wildman–Crippen MR) is 130 cm³/mol. The van der Waals surface area contributed by atoms with Crippen molar-refractivity contribution in [2.75, 3.05) is 0 Å². The van der Waals surface area contributed by atoms with Crippen LogP contribution in [0.3, 0.4) is 0 Å². The van der Waals surface area contributed by atoms with E-state index in [0.29, 0.717) is 43.3 Å². The number of hydrogen-bond acceptors (Lipinski definition) is 7. The summed E-state index contributed by atoms with van der Waals surface area (Å²) in [5, 5.41) is 32.5. The second kappa shape index (κ2) is 8.48. The Labute approximate surface area is 212 Å². The topological polar surface area (TPSA) is 138 Å². The van der Waals surface area contributed by atoms with E-state index in [2.05, 4.69) is 0 Å². The zero-order valence-electron chi connectivity index (χ0n) is 22.2. The average Bonchev–Trinajstić information content (AvgIpc) is 3.01. The molecule has 2 saturated carbocycles. The number of aliphatic carboxylic acids is 1. The van der Waals surface area contributed by atoms with E-state index in [4.69, 9.17) is 4.74 Å². The molecule has 0 aromatic carbocycles. The van der Waals surface area contributed by atoms with Crippen molar-refractivity contribution in [1.82, 2.24) is 0 Å². The van der Waals surface area contributed by atoms with E-state index in [1.165, 1.54) is 0 Å². The molecule has 4 aliphatic rings. The molecule has 2 fully saturated rings. The minimum Gasteiger partial charge on any atom is -0.481 e. The number of rotatable bonds is 6. The molecule has 0 amide bonds. The number of Topliss-reactive ketones (excluding diaryl/α,β-unsaturated/α-hetero) is 2. The van der Waals surface area contributed by atoms with Gasteiger partial charge in [0, 0.05) is 29.2 Å². The van der Waals surface area contributed by atoms with E-state index in [0.717, 1.165) is 0 Å². The van der Waals surface area contributed by atoms with Crippen LogP contribution in [0.25, 0.3) is 0 Å². The summed E-state index contributed by atoms with van der Waals surface area (Å²) in [7, 11) is 0. The standard InChI is InChI=1S/C28H40O8/c1-14(7-8-20(32)33)15-11-18(31)28(6)21-16(30)12-17-25(2,3)19(36-13-29)9-10-26(17,4)22(21)23(34)24(35)27(15,28)5/h13-17,19,24,30,35H,7-12H2,1-6H3,(H,32,33)/t14?,15?,16?,17?,19?,24?,26?,27?,28-/m0/s1. The summed E-state index contributed by atoms with van der Waals surface area (Å²) in [5.74, 6) is -2.29. The minimum absolute atomic E-state index is 0.0574. The zero-order chi connectivity index (χ0) is 27.0. The smallest absolute Gasteiger partial charge is 0.303 e. The first-order chi connectivity index (χ1) is 16.6. The minimum atomic E-state index is -1.44. The molecule has 9 atom stereocenters. The van der Waals surface area contributed by atoms with Gasteiger partial charge in [0.25, 0.3) is 6.47 Å². The van der Waals surface area contributed by atoms with Gasteiger partial charge in [0.1, 0.15) is 18.0 Å². The Morgan fingerprint density at radius 2 is 1.81 bits per heavy atom. The summed E-state index contributed by atoms with van der Waals surface area (Å²) in [5.41, 5.74) is -2.81. The molecular weight excluding hydrogens is 464 g/mol. The molecule has 8 nitrogen and oxygen atoms in total. The van der Waals surface area contributed by atoms with E-state index < -0.39 is 51.5 Å². The van der Waals surface area contributed by atoms with Crippen LogP contribution in [0.1, 0.15) is 80.1 Å². The van der Waals surface area contributed by atoms with Crippen molar-refractivity contribution in [3.8, 4) is 0 Å². The Bertz CT molecular complexity index is 1030. The summed E-state index contributed by atoms with van der Waals surface area (Å²) in [6.07, 6.45) is -1.07. The van der Waals surface area contributed by atoms with Gasteiger partial charge in [-0.2, -0.15) is 0 Å². The molecule has 0 spiro atoms. The van der Waals surface area contributed by atoms with Crippen molar-refractivity contribution in [3.63, 3.8) is 0 Å².